The largest absolute Gasteiger partial charge is 0.573 e. The van der Waals surface area contributed by atoms with E-state index in [9.17, 15) is 18.0 Å². The van der Waals surface area contributed by atoms with E-state index < -0.39 is 12.3 Å². The van der Waals surface area contributed by atoms with Gasteiger partial charge in [0, 0.05) is 12.1 Å². The summed E-state index contributed by atoms with van der Waals surface area (Å²) in [7, 11) is 0. The van der Waals surface area contributed by atoms with Gasteiger partial charge in [-0.2, -0.15) is 0 Å². The molecule has 0 spiro atoms. The van der Waals surface area contributed by atoms with Crippen LogP contribution in [0.25, 0.3) is 0 Å². The summed E-state index contributed by atoms with van der Waals surface area (Å²) in [6, 6.07) is 5.74. The number of hydrogen-bond donors (Lipinski definition) is 1. The molecule has 2 heterocycles. The van der Waals surface area contributed by atoms with Crippen LogP contribution in [0.2, 0.25) is 0 Å². The van der Waals surface area contributed by atoms with Gasteiger partial charge in [0.05, 0.1) is 18.8 Å². The standard InChI is InChI=1S/C21H24F3N3O4/c1-3-29-20(28)18-13(2)19(27-12-26-18)25-11-16-5-4-6-17(30-16)14-7-9-15(10-8-14)31-21(22,23)24/h7-10,12,16-17H,3-6,11H2,1-2H3,(H,25,26,27)/t16-,17+/m1/s1. The number of ether oxygens (including phenoxy) is 3. The van der Waals surface area contributed by atoms with Gasteiger partial charge in [-0.1, -0.05) is 12.1 Å². The third kappa shape index (κ3) is 6.30. The van der Waals surface area contributed by atoms with Crippen molar-refractivity contribution >= 4 is 11.8 Å². The number of alkyl halides is 3. The highest BCUT2D eigenvalue weighted by Gasteiger charge is 2.31. The first kappa shape index (κ1) is 22.8. The fourth-order valence-electron chi connectivity index (χ4n) is 3.42. The van der Waals surface area contributed by atoms with Crippen molar-refractivity contribution in [3.05, 3.63) is 47.4 Å². The molecule has 1 N–H and O–H groups in total. The SMILES string of the molecule is CCOC(=O)c1ncnc(NC[C@H]2CCC[C@@H](c3ccc(OC(F)(F)F)cc3)O2)c1C. The van der Waals surface area contributed by atoms with Gasteiger partial charge in [-0.15, -0.1) is 13.2 Å². The predicted molar refractivity (Wildman–Crippen MR) is 106 cm³/mol. The molecule has 1 fully saturated rings. The molecule has 3 rings (SSSR count). The van der Waals surface area contributed by atoms with E-state index in [-0.39, 0.29) is 30.3 Å². The van der Waals surface area contributed by atoms with Gasteiger partial charge in [0.2, 0.25) is 0 Å². The summed E-state index contributed by atoms with van der Waals surface area (Å²) in [5.74, 6) is -0.239. The molecule has 0 unspecified atom stereocenters. The van der Waals surface area contributed by atoms with E-state index >= 15 is 0 Å². The molecular weight excluding hydrogens is 415 g/mol. The Morgan fingerprint density at radius 3 is 2.65 bits per heavy atom. The van der Waals surface area contributed by atoms with Gasteiger partial charge < -0.3 is 19.5 Å². The molecular formula is C21H24F3N3O4. The van der Waals surface area contributed by atoms with Crippen LogP contribution in [0.3, 0.4) is 0 Å². The van der Waals surface area contributed by atoms with Gasteiger partial charge in [-0.25, -0.2) is 14.8 Å². The van der Waals surface area contributed by atoms with Gasteiger partial charge in [-0.3, -0.25) is 0 Å². The smallest absolute Gasteiger partial charge is 0.461 e. The fourth-order valence-corrected chi connectivity index (χ4v) is 3.42. The van der Waals surface area contributed by atoms with Crippen LogP contribution >= 0.6 is 0 Å². The summed E-state index contributed by atoms with van der Waals surface area (Å²) in [4.78, 5) is 20.2. The van der Waals surface area contributed by atoms with E-state index in [1.54, 1.807) is 26.0 Å². The second kappa shape index (κ2) is 9.95. The lowest BCUT2D eigenvalue weighted by Gasteiger charge is -2.31. The molecule has 7 nitrogen and oxygen atoms in total. The third-order valence-electron chi connectivity index (χ3n) is 4.88. The van der Waals surface area contributed by atoms with Crippen LogP contribution in [0.4, 0.5) is 19.0 Å². The van der Waals surface area contributed by atoms with Crippen LogP contribution < -0.4 is 10.1 Å². The maximum atomic E-state index is 12.3. The minimum atomic E-state index is -4.72. The number of nitrogens with zero attached hydrogens (tertiary/aromatic N) is 2. The second-order valence-electron chi connectivity index (χ2n) is 7.09. The summed E-state index contributed by atoms with van der Waals surface area (Å²) in [6.07, 6.45) is -1.24. The summed E-state index contributed by atoms with van der Waals surface area (Å²) < 4.78 is 52.0. The lowest BCUT2D eigenvalue weighted by atomic mass is 9.98. The number of esters is 1. The minimum Gasteiger partial charge on any atom is -0.461 e. The first-order valence-corrected chi connectivity index (χ1v) is 10.0. The summed E-state index contributed by atoms with van der Waals surface area (Å²) in [5.41, 5.74) is 1.60. The van der Waals surface area contributed by atoms with E-state index in [1.165, 1.54) is 18.5 Å². The van der Waals surface area contributed by atoms with Crippen LogP contribution in [0.15, 0.2) is 30.6 Å². The Morgan fingerprint density at radius 2 is 1.97 bits per heavy atom. The van der Waals surface area contributed by atoms with E-state index in [0.29, 0.717) is 17.9 Å². The maximum Gasteiger partial charge on any atom is 0.573 e. The lowest BCUT2D eigenvalue weighted by molar-refractivity contribution is -0.274. The van der Waals surface area contributed by atoms with E-state index in [0.717, 1.165) is 24.8 Å². The highest BCUT2D eigenvalue weighted by atomic mass is 19.4. The highest BCUT2D eigenvalue weighted by molar-refractivity contribution is 5.90. The van der Waals surface area contributed by atoms with Crippen LogP contribution in [-0.2, 0) is 9.47 Å². The number of halogens is 3. The Balaban J connectivity index is 1.59. The Bertz CT molecular complexity index is 890. The highest BCUT2D eigenvalue weighted by Crippen LogP contribution is 2.33. The van der Waals surface area contributed by atoms with Crippen molar-refractivity contribution in [2.75, 3.05) is 18.5 Å². The molecule has 10 heteroatoms. The summed E-state index contributed by atoms with van der Waals surface area (Å²) >= 11 is 0. The normalized spacial score (nSPS) is 19.0. The number of rotatable bonds is 7. The zero-order valence-corrected chi connectivity index (χ0v) is 17.2. The topological polar surface area (TPSA) is 82.6 Å². The zero-order valence-electron chi connectivity index (χ0n) is 17.2. The van der Waals surface area contributed by atoms with E-state index in [4.69, 9.17) is 9.47 Å². The second-order valence-corrected chi connectivity index (χ2v) is 7.09. The monoisotopic (exact) mass is 439 g/mol. The van der Waals surface area contributed by atoms with Crippen molar-refractivity contribution < 1.29 is 32.2 Å². The lowest BCUT2D eigenvalue weighted by Crippen LogP contribution is -2.29. The van der Waals surface area contributed by atoms with Crippen molar-refractivity contribution in [2.45, 2.75) is 51.7 Å². The van der Waals surface area contributed by atoms with Crippen molar-refractivity contribution in [1.82, 2.24) is 9.97 Å². The minimum absolute atomic E-state index is 0.120. The van der Waals surface area contributed by atoms with Crippen LogP contribution in [0, 0.1) is 6.92 Å². The number of benzene rings is 1. The molecule has 1 aromatic heterocycles. The molecule has 0 amide bonds. The Kier molecular flexibility index (Phi) is 7.32. The van der Waals surface area contributed by atoms with Crippen LogP contribution in [0.1, 0.15) is 53.9 Å². The molecule has 0 aliphatic carbocycles. The third-order valence-corrected chi connectivity index (χ3v) is 4.88. The first-order chi connectivity index (χ1) is 14.8. The van der Waals surface area contributed by atoms with Crippen molar-refractivity contribution in [2.24, 2.45) is 0 Å². The van der Waals surface area contributed by atoms with Gasteiger partial charge in [0.25, 0.3) is 0 Å². The summed E-state index contributed by atoms with van der Waals surface area (Å²) in [5, 5.41) is 3.20. The molecule has 0 bridgehead atoms. The molecule has 1 aliphatic rings. The molecule has 2 aromatic rings. The molecule has 2 atom stereocenters. The number of carbonyl (C=O) groups is 1. The Hall–Kier alpha value is -2.88. The van der Waals surface area contributed by atoms with E-state index in [2.05, 4.69) is 20.0 Å². The van der Waals surface area contributed by atoms with Crippen LogP contribution in [0.5, 0.6) is 5.75 Å². The van der Waals surface area contributed by atoms with Gasteiger partial charge in [0.15, 0.2) is 5.69 Å². The number of anilines is 1. The van der Waals surface area contributed by atoms with Crippen molar-refractivity contribution in [3.8, 4) is 5.75 Å². The molecule has 1 aromatic carbocycles. The number of hydrogen-bond acceptors (Lipinski definition) is 7. The van der Waals surface area contributed by atoms with E-state index in [1.807, 2.05) is 0 Å². The first-order valence-electron chi connectivity index (χ1n) is 10.0. The average Bonchev–Trinajstić information content (AvgIpc) is 2.73. The van der Waals surface area contributed by atoms with Crippen LogP contribution in [-0.4, -0.2) is 41.6 Å². The van der Waals surface area contributed by atoms with Gasteiger partial charge in [0.1, 0.15) is 17.9 Å². The number of nitrogens with one attached hydrogen (secondary N) is 1. The molecule has 31 heavy (non-hydrogen) atoms. The molecule has 0 saturated carbocycles. The van der Waals surface area contributed by atoms with Crippen molar-refractivity contribution in [1.29, 1.82) is 0 Å². The van der Waals surface area contributed by atoms with Gasteiger partial charge in [-0.05, 0) is 50.8 Å². The zero-order chi connectivity index (χ0) is 22.4. The number of aromatic nitrogens is 2. The Morgan fingerprint density at radius 1 is 1.23 bits per heavy atom. The molecule has 1 aliphatic heterocycles. The average molecular weight is 439 g/mol. The van der Waals surface area contributed by atoms with Gasteiger partial charge >= 0.3 is 12.3 Å². The predicted octanol–water partition coefficient (Wildman–Crippen LogP) is 4.58. The molecule has 0 radical (unpaired) electrons. The number of carbonyl (C=O) groups excluding carboxylic acids is 1. The maximum absolute atomic E-state index is 12.3. The van der Waals surface area contributed by atoms with Crippen molar-refractivity contribution in [3.63, 3.8) is 0 Å². The molecule has 1 saturated heterocycles. The molecule has 168 valence electrons. The quantitative estimate of drug-likeness (QED) is 0.632. The fraction of sp³-hybridized carbons (Fsp3) is 0.476. The summed E-state index contributed by atoms with van der Waals surface area (Å²) in [6.45, 7) is 4.18. The Labute approximate surface area is 177 Å².